The van der Waals surface area contributed by atoms with Crippen LogP contribution in [0.15, 0.2) is 37.2 Å². The first-order valence-electron chi connectivity index (χ1n) is 8.43. The minimum atomic E-state index is -0.0188. The van der Waals surface area contributed by atoms with E-state index in [1.165, 1.54) is 0 Å². The lowest BCUT2D eigenvalue weighted by Gasteiger charge is -2.41. The van der Waals surface area contributed by atoms with E-state index in [0.717, 1.165) is 42.8 Å². The number of aromatic nitrogens is 5. The lowest BCUT2D eigenvalue weighted by atomic mass is 10.1. The summed E-state index contributed by atoms with van der Waals surface area (Å²) in [6, 6.07) is 2.36. The number of nitrogens with zero attached hydrogens (tertiary/aromatic N) is 6. The number of aromatic amines is 1. The second kappa shape index (κ2) is 5.51. The van der Waals surface area contributed by atoms with Gasteiger partial charge in [-0.05, 0) is 18.9 Å². The van der Waals surface area contributed by atoms with E-state index in [2.05, 4.69) is 29.8 Å². The molecule has 2 bridgehead atoms. The molecule has 2 aliphatic heterocycles. The molecule has 1 amide bonds. The van der Waals surface area contributed by atoms with Gasteiger partial charge in [0.15, 0.2) is 0 Å². The molecule has 5 rings (SSSR count). The van der Waals surface area contributed by atoms with Crippen LogP contribution in [0.2, 0.25) is 0 Å². The molecule has 0 unspecified atom stereocenters. The van der Waals surface area contributed by atoms with Crippen LogP contribution in [-0.4, -0.2) is 60.9 Å². The van der Waals surface area contributed by atoms with E-state index in [9.17, 15) is 4.79 Å². The van der Waals surface area contributed by atoms with E-state index in [1.54, 1.807) is 24.9 Å². The summed E-state index contributed by atoms with van der Waals surface area (Å²) in [6.07, 6.45) is 10.2. The molecule has 2 fully saturated rings. The van der Waals surface area contributed by atoms with Crippen molar-refractivity contribution in [3.8, 4) is 0 Å². The Morgan fingerprint density at radius 2 is 1.96 bits per heavy atom. The van der Waals surface area contributed by atoms with Crippen LogP contribution in [0.25, 0.3) is 11.0 Å². The predicted molar refractivity (Wildman–Crippen MR) is 91.1 cm³/mol. The third-order valence-electron chi connectivity index (χ3n) is 5.13. The standard InChI is InChI=1S/C17H17N7O/c25-17(14-7-18-5-6-19-14)24-11-1-2-12(24)9-23(8-11)16-13-3-4-20-15(13)21-10-22-16/h3-7,10-12H,1-2,8-9H2,(H,20,21,22)/t11-,12+. The van der Waals surface area contributed by atoms with Crippen molar-refractivity contribution in [2.45, 2.75) is 24.9 Å². The highest BCUT2D eigenvalue weighted by atomic mass is 16.2. The zero-order valence-electron chi connectivity index (χ0n) is 13.5. The maximum Gasteiger partial charge on any atom is 0.274 e. The minimum Gasteiger partial charge on any atom is -0.352 e. The van der Waals surface area contributed by atoms with Gasteiger partial charge in [-0.15, -0.1) is 0 Å². The Morgan fingerprint density at radius 1 is 1.12 bits per heavy atom. The lowest BCUT2D eigenvalue weighted by Crippen LogP contribution is -2.56. The van der Waals surface area contributed by atoms with Crippen molar-refractivity contribution in [3.05, 3.63) is 42.9 Å². The summed E-state index contributed by atoms with van der Waals surface area (Å²) in [7, 11) is 0. The van der Waals surface area contributed by atoms with Crippen LogP contribution < -0.4 is 4.90 Å². The van der Waals surface area contributed by atoms with Gasteiger partial charge in [0, 0.05) is 31.7 Å². The number of nitrogens with one attached hydrogen (secondary N) is 1. The van der Waals surface area contributed by atoms with Crippen molar-refractivity contribution < 1.29 is 4.79 Å². The van der Waals surface area contributed by atoms with Gasteiger partial charge >= 0.3 is 0 Å². The van der Waals surface area contributed by atoms with E-state index in [4.69, 9.17) is 0 Å². The average Bonchev–Trinajstić information content (AvgIpc) is 3.23. The zero-order valence-corrected chi connectivity index (χ0v) is 13.5. The molecule has 0 spiro atoms. The number of rotatable bonds is 2. The van der Waals surface area contributed by atoms with Gasteiger partial charge in [0.05, 0.1) is 23.7 Å². The van der Waals surface area contributed by atoms with E-state index < -0.39 is 0 Å². The van der Waals surface area contributed by atoms with Gasteiger partial charge in [-0.1, -0.05) is 0 Å². The van der Waals surface area contributed by atoms with E-state index >= 15 is 0 Å². The van der Waals surface area contributed by atoms with Crippen LogP contribution in [0.1, 0.15) is 23.3 Å². The van der Waals surface area contributed by atoms with Crippen LogP contribution in [-0.2, 0) is 0 Å². The Kier molecular flexibility index (Phi) is 3.16. The van der Waals surface area contributed by atoms with Gasteiger partial charge in [-0.3, -0.25) is 9.78 Å². The van der Waals surface area contributed by atoms with Crippen LogP contribution in [0.5, 0.6) is 0 Å². The molecule has 0 saturated carbocycles. The second-order valence-electron chi connectivity index (χ2n) is 6.53. The van der Waals surface area contributed by atoms with Crippen molar-refractivity contribution in [2.75, 3.05) is 18.0 Å². The number of amides is 1. The predicted octanol–water partition coefficient (Wildman–Crippen LogP) is 1.24. The van der Waals surface area contributed by atoms with Crippen molar-refractivity contribution in [1.29, 1.82) is 0 Å². The van der Waals surface area contributed by atoms with Crippen LogP contribution in [0.3, 0.4) is 0 Å². The topological polar surface area (TPSA) is 90.9 Å². The smallest absolute Gasteiger partial charge is 0.274 e. The van der Waals surface area contributed by atoms with Gasteiger partial charge < -0.3 is 14.8 Å². The first kappa shape index (κ1) is 14.3. The SMILES string of the molecule is O=C(c1cnccn1)N1[C@@H]2CC[C@H]1CN(c1ncnc3[nH]ccc13)C2. The van der Waals surface area contributed by atoms with Crippen LogP contribution >= 0.6 is 0 Å². The number of carbonyl (C=O) groups is 1. The summed E-state index contributed by atoms with van der Waals surface area (Å²) in [5.74, 6) is 0.921. The molecule has 2 saturated heterocycles. The molecule has 0 aliphatic carbocycles. The number of anilines is 1. The fourth-order valence-corrected chi connectivity index (χ4v) is 4.06. The van der Waals surface area contributed by atoms with E-state index in [0.29, 0.717) is 5.69 Å². The summed E-state index contributed by atoms with van der Waals surface area (Å²) in [5.41, 5.74) is 1.26. The summed E-state index contributed by atoms with van der Waals surface area (Å²) >= 11 is 0. The van der Waals surface area contributed by atoms with E-state index in [-0.39, 0.29) is 18.0 Å². The maximum absolute atomic E-state index is 12.8. The van der Waals surface area contributed by atoms with Gasteiger partial charge in [-0.25, -0.2) is 15.0 Å². The summed E-state index contributed by atoms with van der Waals surface area (Å²) < 4.78 is 0. The fraction of sp³-hybridized carbons (Fsp3) is 0.353. The molecule has 25 heavy (non-hydrogen) atoms. The maximum atomic E-state index is 12.8. The lowest BCUT2D eigenvalue weighted by molar-refractivity contribution is 0.0634. The monoisotopic (exact) mass is 335 g/mol. The third kappa shape index (κ3) is 2.25. The Labute approximate surface area is 143 Å². The van der Waals surface area contributed by atoms with Crippen molar-refractivity contribution in [2.24, 2.45) is 0 Å². The third-order valence-corrected chi connectivity index (χ3v) is 5.13. The number of hydrogen-bond donors (Lipinski definition) is 1. The summed E-state index contributed by atoms with van der Waals surface area (Å²) in [4.78, 5) is 37.2. The molecule has 2 atom stereocenters. The highest BCUT2D eigenvalue weighted by Gasteiger charge is 2.43. The van der Waals surface area contributed by atoms with Gasteiger partial charge in [0.25, 0.3) is 5.91 Å². The molecule has 3 aromatic heterocycles. The molecule has 0 radical (unpaired) electrons. The van der Waals surface area contributed by atoms with Gasteiger partial charge in [-0.2, -0.15) is 0 Å². The average molecular weight is 335 g/mol. The number of carbonyl (C=O) groups excluding carboxylic acids is 1. The molecule has 8 heteroatoms. The molecule has 0 aromatic carbocycles. The first-order valence-corrected chi connectivity index (χ1v) is 8.43. The minimum absolute atomic E-state index is 0.0188. The van der Waals surface area contributed by atoms with E-state index in [1.807, 2.05) is 17.2 Å². The Morgan fingerprint density at radius 3 is 2.72 bits per heavy atom. The first-order chi connectivity index (χ1) is 12.3. The van der Waals surface area contributed by atoms with Gasteiger partial charge in [0.1, 0.15) is 23.5 Å². The molecule has 126 valence electrons. The van der Waals surface area contributed by atoms with Crippen LogP contribution in [0.4, 0.5) is 5.82 Å². The Bertz CT molecular complexity index is 911. The van der Waals surface area contributed by atoms with Crippen molar-refractivity contribution in [1.82, 2.24) is 29.8 Å². The molecule has 5 heterocycles. The molecule has 8 nitrogen and oxygen atoms in total. The Balaban J connectivity index is 1.44. The van der Waals surface area contributed by atoms with Crippen molar-refractivity contribution in [3.63, 3.8) is 0 Å². The largest absolute Gasteiger partial charge is 0.352 e. The number of fused-ring (bicyclic) bond motifs is 3. The number of piperazine rings is 1. The zero-order chi connectivity index (χ0) is 16.8. The molecule has 2 aliphatic rings. The number of hydrogen-bond acceptors (Lipinski definition) is 6. The highest BCUT2D eigenvalue weighted by molar-refractivity contribution is 5.93. The molecule has 3 aromatic rings. The Hall–Kier alpha value is -3.03. The van der Waals surface area contributed by atoms with Crippen LogP contribution in [0, 0.1) is 0 Å². The summed E-state index contributed by atoms with van der Waals surface area (Å²) in [5, 5.41) is 1.02. The normalized spacial score (nSPS) is 22.6. The second-order valence-corrected chi connectivity index (χ2v) is 6.53. The highest BCUT2D eigenvalue weighted by Crippen LogP contribution is 2.34. The quantitative estimate of drug-likeness (QED) is 0.758. The fourth-order valence-electron chi connectivity index (χ4n) is 4.06. The molecular weight excluding hydrogens is 318 g/mol. The molecule has 1 N–H and O–H groups in total. The number of H-pyrrole nitrogens is 1. The summed E-state index contributed by atoms with van der Waals surface area (Å²) in [6.45, 7) is 1.56. The van der Waals surface area contributed by atoms with Crippen molar-refractivity contribution >= 4 is 22.8 Å². The van der Waals surface area contributed by atoms with Gasteiger partial charge in [0.2, 0.25) is 0 Å². The molecular formula is C17H17N7O.